The molecular weight excluding hydrogens is 400 g/mol. The third-order valence-corrected chi connectivity index (χ3v) is 5.09. The van der Waals surface area contributed by atoms with Gasteiger partial charge >= 0.3 is 18.3 Å². The van der Waals surface area contributed by atoms with Crippen LogP contribution in [0, 0.1) is 5.92 Å². The third kappa shape index (κ3) is 5.19. The number of methoxy groups -OCH3 is 1. The van der Waals surface area contributed by atoms with Crippen molar-refractivity contribution in [2.75, 3.05) is 7.11 Å². The summed E-state index contributed by atoms with van der Waals surface area (Å²) in [5, 5.41) is 0. The largest absolute Gasteiger partial charge is 0.467 e. The van der Waals surface area contributed by atoms with Gasteiger partial charge in [0.05, 0.1) is 18.2 Å². The van der Waals surface area contributed by atoms with Crippen molar-refractivity contribution in [1.82, 2.24) is 0 Å². The number of alkyl halides is 6. The van der Waals surface area contributed by atoms with E-state index in [-0.39, 0.29) is 12.0 Å². The van der Waals surface area contributed by atoms with Crippen LogP contribution in [0.4, 0.5) is 26.3 Å². The van der Waals surface area contributed by atoms with Gasteiger partial charge in [0, 0.05) is 6.21 Å². The van der Waals surface area contributed by atoms with Crippen molar-refractivity contribution in [1.29, 1.82) is 0 Å². The lowest BCUT2D eigenvalue weighted by molar-refractivity contribution is -0.147. The zero-order valence-corrected chi connectivity index (χ0v) is 15.7. The molecule has 1 saturated carbocycles. The van der Waals surface area contributed by atoms with E-state index in [1.807, 2.05) is 0 Å². The van der Waals surface area contributed by atoms with E-state index >= 15 is 0 Å². The molecule has 1 aromatic carbocycles. The normalized spacial score (nSPS) is 18.4. The maximum Gasteiger partial charge on any atom is 0.416 e. The number of ether oxygens (including phenoxy) is 1. The quantitative estimate of drug-likeness (QED) is 0.260. The summed E-state index contributed by atoms with van der Waals surface area (Å²) in [6.45, 7) is 3.63. The van der Waals surface area contributed by atoms with E-state index in [9.17, 15) is 31.1 Å². The molecule has 0 unspecified atom stereocenters. The zero-order valence-electron chi connectivity index (χ0n) is 15.7. The molecule has 0 heterocycles. The van der Waals surface area contributed by atoms with Crippen LogP contribution >= 0.6 is 0 Å². The molecule has 2 rings (SSSR count). The molecule has 1 aliphatic carbocycles. The van der Waals surface area contributed by atoms with Gasteiger partial charge in [0.15, 0.2) is 5.54 Å². The van der Waals surface area contributed by atoms with E-state index in [0.29, 0.717) is 25.0 Å². The van der Waals surface area contributed by atoms with Gasteiger partial charge in [0.2, 0.25) is 0 Å². The van der Waals surface area contributed by atoms with Crippen molar-refractivity contribution < 1.29 is 35.9 Å². The first-order chi connectivity index (χ1) is 13.4. The Kier molecular flexibility index (Phi) is 6.80. The fraction of sp³-hybridized carbons (Fsp3) is 0.500. The highest BCUT2D eigenvalue weighted by molar-refractivity contribution is 5.89. The molecule has 1 atom stereocenters. The Morgan fingerprint density at radius 1 is 1.03 bits per heavy atom. The van der Waals surface area contributed by atoms with Crippen molar-refractivity contribution in [2.45, 2.75) is 50.0 Å². The third-order valence-electron chi connectivity index (χ3n) is 5.09. The van der Waals surface area contributed by atoms with Gasteiger partial charge in [-0.1, -0.05) is 25.3 Å². The Morgan fingerprint density at radius 2 is 1.55 bits per heavy atom. The Balaban J connectivity index is 2.54. The summed E-state index contributed by atoms with van der Waals surface area (Å²) in [6.07, 6.45) is -3.96. The fourth-order valence-electron chi connectivity index (χ4n) is 3.57. The number of carbonyl (C=O) groups is 1. The van der Waals surface area contributed by atoms with Crippen LogP contribution in [0.15, 0.2) is 35.8 Å². The summed E-state index contributed by atoms with van der Waals surface area (Å²) in [4.78, 5) is 16.6. The molecule has 0 aliphatic heterocycles. The van der Waals surface area contributed by atoms with Crippen molar-refractivity contribution in [3.8, 4) is 0 Å². The smallest absolute Gasteiger partial charge is 0.416 e. The van der Waals surface area contributed by atoms with Gasteiger partial charge in [-0.3, -0.25) is 4.99 Å². The van der Waals surface area contributed by atoms with Crippen molar-refractivity contribution >= 4 is 12.2 Å². The van der Waals surface area contributed by atoms with Crippen LogP contribution < -0.4 is 0 Å². The molecule has 0 bridgehead atoms. The Morgan fingerprint density at radius 3 is 1.97 bits per heavy atom. The molecular formula is C20H21F6NO2. The number of carbonyl (C=O) groups excluding carboxylic acids is 1. The molecule has 29 heavy (non-hydrogen) atoms. The second-order valence-corrected chi connectivity index (χ2v) is 6.95. The monoisotopic (exact) mass is 421 g/mol. The van der Waals surface area contributed by atoms with Crippen LogP contribution in [-0.4, -0.2) is 24.8 Å². The highest BCUT2D eigenvalue weighted by Crippen LogP contribution is 2.38. The van der Waals surface area contributed by atoms with Crippen LogP contribution in [0.1, 0.15) is 48.8 Å². The van der Waals surface area contributed by atoms with Crippen molar-refractivity contribution in [2.24, 2.45) is 10.9 Å². The Labute approximate surface area is 164 Å². The van der Waals surface area contributed by atoms with E-state index < -0.39 is 40.6 Å². The van der Waals surface area contributed by atoms with E-state index in [1.165, 1.54) is 6.08 Å². The van der Waals surface area contributed by atoms with Gasteiger partial charge in [-0.15, -0.1) is 6.58 Å². The predicted octanol–water partition coefficient (Wildman–Crippen LogP) is 5.82. The van der Waals surface area contributed by atoms with Gasteiger partial charge in [-0.25, -0.2) is 4.79 Å². The average Bonchev–Trinajstić information content (AvgIpc) is 2.67. The lowest BCUT2D eigenvalue weighted by atomic mass is 9.75. The number of benzene rings is 1. The first-order valence-corrected chi connectivity index (χ1v) is 9.01. The summed E-state index contributed by atoms with van der Waals surface area (Å²) in [7, 11) is 1.14. The minimum Gasteiger partial charge on any atom is -0.467 e. The van der Waals surface area contributed by atoms with Gasteiger partial charge in [0.1, 0.15) is 0 Å². The molecule has 3 nitrogen and oxygen atoms in total. The van der Waals surface area contributed by atoms with Crippen molar-refractivity contribution in [3.63, 3.8) is 0 Å². The van der Waals surface area contributed by atoms with E-state index in [0.717, 1.165) is 32.6 Å². The fourth-order valence-corrected chi connectivity index (χ4v) is 3.57. The van der Waals surface area contributed by atoms with E-state index in [2.05, 4.69) is 11.6 Å². The summed E-state index contributed by atoms with van der Waals surface area (Å²) < 4.78 is 83.1. The number of aliphatic imine (C=N–C) groups is 1. The number of nitrogens with zero attached hydrogens (tertiary/aromatic N) is 1. The average molecular weight is 421 g/mol. The summed E-state index contributed by atoms with van der Waals surface area (Å²) in [5.74, 6) is -1.05. The maximum atomic E-state index is 13.0. The molecule has 9 heteroatoms. The zero-order chi connectivity index (χ0) is 21.9. The van der Waals surface area contributed by atoms with Crippen LogP contribution in [0.3, 0.4) is 0 Å². The number of hydrogen-bond donors (Lipinski definition) is 0. The Bertz CT molecular complexity index is 746. The first kappa shape index (κ1) is 23.0. The second-order valence-electron chi connectivity index (χ2n) is 6.95. The van der Waals surface area contributed by atoms with E-state index in [4.69, 9.17) is 4.74 Å². The lowest BCUT2D eigenvalue weighted by Gasteiger charge is -2.35. The first-order valence-electron chi connectivity index (χ1n) is 9.01. The highest BCUT2D eigenvalue weighted by atomic mass is 19.4. The van der Waals surface area contributed by atoms with Gasteiger partial charge in [0.25, 0.3) is 0 Å². The predicted molar refractivity (Wildman–Crippen MR) is 95.6 cm³/mol. The molecule has 1 aliphatic rings. The molecule has 0 radical (unpaired) electrons. The molecule has 160 valence electrons. The molecule has 1 fully saturated rings. The van der Waals surface area contributed by atoms with Gasteiger partial charge < -0.3 is 4.74 Å². The lowest BCUT2D eigenvalue weighted by Crippen LogP contribution is -2.44. The number of esters is 1. The molecule has 0 aromatic heterocycles. The van der Waals surface area contributed by atoms with E-state index in [1.54, 1.807) is 0 Å². The SMILES string of the molecule is C=C[C@@](N=Cc1cc(C(F)(F)F)cc(C(F)(F)F)c1)(C(=O)OC)C1CCCCC1. The summed E-state index contributed by atoms with van der Waals surface area (Å²) in [6, 6.07) is 1.16. The maximum absolute atomic E-state index is 13.0. The molecule has 0 spiro atoms. The molecule has 1 aromatic rings. The van der Waals surface area contributed by atoms with Crippen LogP contribution in [0.5, 0.6) is 0 Å². The van der Waals surface area contributed by atoms with Gasteiger partial charge in [-0.05, 0) is 42.5 Å². The summed E-state index contributed by atoms with van der Waals surface area (Å²) >= 11 is 0. The number of rotatable bonds is 5. The highest BCUT2D eigenvalue weighted by Gasteiger charge is 2.44. The Hall–Kier alpha value is -2.32. The van der Waals surface area contributed by atoms with Gasteiger partial charge in [-0.2, -0.15) is 26.3 Å². The number of halogens is 6. The number of hydrogen-bond acceptors (Lipinski definition) is 3. The van der Waals surface area contributed by atoms with Crippen LogP contribution in [-0.2, 0) is 21.9 Å². The minimum atomic E-state index is -4.97. The molecule has 0 amide bonds. The minimum absolute atomic E-state index is 0.0412. The van der Waals surface area contributed by atoms with Crippen LogP contribution in [0.2, 0.25) is 0 Å². The summed E-state index contributed by atoms with van der Waals surface area (Å²) in [5.41, 5.74) is -4.89. The molecule has 0 saturated heterocycles. The topological polar surface area (TPSA) is 38.7 Å². The molecule has 0 N–H and O–H groups in total. The van der Waals surface area contributed by atoms with Crippen LogP contribution in [0.25, 0.3) is 0 Å². The van der Waals surface area contributed by atoms with Crippen molar-refractivity contribution in [3.05, 3.63) is 47.5 Å². The standard InChI is InChI=1S/C20H21F6NO2/c1-3-18(17(28)29-2,14-7-5-4-6-8-14)27-12-13-9-15(19(21,22)23)11-16(10-13)20(24,25)26/h3,9-12,14H,1,4-8H2,2H3/t18-/m0/s1. The second kappa shape index (κ2) is 8.59.